The predicted molar refractivity (Wildman–Crippen MR) is 83.2 cm³/mol. The number of benzene rings is 1. The number of hydrogen-bond donors (Lipinski definition) is 2. The Morgan fingerprint density at radius 1 is 1.35 bits per heavy atom. The van der Waals surface area contributed by atoms with Crippen LogP contribution in [-0.2, 0) is 4.79 Å². The molecule has 5 nitrogen and oxygen atoms in total. The van der Waals surface area contributed by atoms with Gasteiger partial charge in [-0.15, -0.1) is 0 Å². The second-order valence-corrected chi connectivity index (χ2v) is 5.20. The van der Waals surface area contributed by atoms with Crippen molar-refractivity contribution >= 4 is 17.3 Å². The molecule has 110 valence electrons. The normalized spacial score (nSPS) is 15.9. The van der Waals surface area contributed by atoms with Crippen LogP contribution in [0.25, 0.3) is 0 Å². The van der Waals surface area contributed by atoms with E-state index in [4.69, 9.17) is 5.73 Å². The number of nitrogens with one attached hydrogen (secondary N) is 1. The molecule has 1 aliphatic rings. The zero-order valence-electron chi connectivity index (χ0n) is 12.3. The molecule has 3 N–H and O–H groups in total. The van der Waals surface area contributed by atoms with Crippen molar-refractivity contribution in [1.82, 2.24) is 5.32 Å². The van der Waals surface area contributed by atoms with E-state index >= 15 is 0 Å². The van der Waals surface area contributed by atoms with E-state index in [1.807, 2.05) is 6.92 Å². The number of carbonyl (C=O) groups excluding carboxylic acids is 1. The first-order chi connectivity index (χ1) is 9.63. The van der Waals surface area contributed by atoms with Gasteiger partial charge in [0.15, 0.2) is 0 Å². The lowest BCUT2D eigenvalue weighted by Crippen LogP contribution is -2.45. The number of hydrogen-bond acceptors (Lipinski definition) is 4. The molecule has 0 spiro atoms. The zero-order chi connectivity index (χ0) is 14.5. The minimum Gasteiger partial charge on any atom is -0.371 e. The van der Waals surface area contributed by atoms with Crippen LogP contribution in [0.2, 0.25) is 0 Å². The fraction of sp³-hybridized carbons (Fsp3) is 0.533. The van der Waals surface area contributed by atoms with Crippen LogP contribution in [0.3, 0.4) is 0 Å². The molecule has 1 aromatic carbocycles. The van der Waals surface area contributed by atoms with Gasteiger partial charge in [-0.25, -0.2) is 0 Å². The summed E-state index contributed by atoms with van der Waals surface area (Å²) in [5, 5.41) is 3.14. The van der Waals surface area contributed by atoms with E-state index in [1.165, 1.54) is 11.4 Å². The summed E-state index contributed by atoms with van der Waals surface area (Å²) in [6, 6.07) is 8.14. The van der Waals surface area contributed by atoms with E-state index in [0.29, 0.717) is 0 Å². The molecule has 0 fully saturated rings. The van der Waals surface area contributed by atoms with Crippen molar-refractivity contribution in [2.45, 2.75) is 19.4 Å². The molecule has 0 bridgehead atoms. The number of rotatable bonds is 6. The topological polar surface area (TPSA) is 61.6 Å². The maximum atomic E-state index is 11.4. The quantitative estimate of drug-likeness (QED) is 0.806. The van der Waals surface area contributed by atoms with Crippen molar-refractivity contribution < 1.29 is 4.79 Å². The van der Waals surface area contributed by atoms with E-state index < -0.39 is 0 Å². The summed E-state index contributed by atoms with van der Waals surface area (Å²) in [7, 11) is 2.11. The van der Waals surface area contributed by atoms with Gasteiger partial charge >= 0.3 is 0 Å². The summed E-state index contributed by atoms with van der Waals surface area (Å²) < 4.78 is 0. The molecule has 2 rings (SSSR count). The Balaban J connectivity index is 2.04. The van der Waals surface area contributed by atoms with E-state index in [1.54, 1.807) is 0 Å². The Morgan fingerprint density at radius 3 is 2.70 bits per heavy atom. The summed E-state index contributed by atoms with van der Waals surface area (Å²) in [4.78, 5) is 16.0. The highest BCUT2D eigenvalue weighted by Crippen LogP contribution is 2.31. The van der Waals surface area contributed by atoms with Crippen LogP contribution in [0, 0.1) is 0 Å². The molecule has 20 heavy (non-hydrogen) atoms. The van der Waals surface area contributed by atoms with Crippen molar-refractivity contribution in [2.75, 3.05) is 43.0 Å². The van der Waals surface area contributed by atoms with Gasteiger partial charge in [0.2, 0.25) is 5.91 Å². The molecule has 0 radical (unpaired) electrons. The van der Waals surface area contributed by atoms with Gasteiger partial charge < -0.3 is 20.9 Å². The number of primary amides is 1. The minimum atomic E-state index is -0.269. The van der Waals surface area contributed by atoms with Crippen molar-refractivity contribution in [1.29, 1.82) is 0 Å². The Labute approximate surface area is 120 Å². The summed E-state index contributed by atoms with van der Waals surface area (Å²) in [5.74, 6) is -0.269. The second-order valence-electron chi connectivity index (χ2n) is 5.20. The zero-order valence-corrected chi connectivity index (χ0v) is 12.3. The summed E-state index contributed by atoms with van der Waals surface area (Å²) in [5.41, 5.74) is 7.91. The average molecular weight is 276 g/mol. The molecule has 1 heterocycles. The van der Waals surface area contributed by atoms with Crippen molar-refractivity contribution in [3.63, 3.8) is 0 Å². The van der Waals surface area contributed by atoms with Crippen LogP contribution in [0.4, 0.5) is 11.4 Å². The average Bonchev–Trinajstić information content (AvgIpc) is 2.45. The highest BCUT2D eigenvalue weighted by molar-refractivity contribution is 5.80. The van der Waals surface area contributed by atoms with Crippen LogP contribution in [0.15, 0.2) is 24.3 Å². The fourth-order valence-electron chi connectivity index (χ4n) is 2.67. The summed E-state index contributed by atoms with van der Waals surface area (Å²) in [6.45, 7) is 5.56. The summed E-state index contributed by atoms with van der Waals surface area (Å²) >= 11 is 0. The Morgan fingerprint density at radius 2 is 2.05 bits per heavy atom. The number of anilines is 2. The number of nitrogens with zero attached hydrogens (tertiary/aromatic N) is 2. The van der Waals surface area contributed by atoms with Crippen LogP contribution in [0.5, 0.6) is 0 Å². The molecular formula is C15H24N4O. The maximum Gasteiger partial charge on any atom is 0.234 e. The third kappa shape index (κ3) is 3.22. The molecule has 0 saturated heterocycles. The number of para-hydroxylation sites is 2. The molecular weight excluding hydrogens is 252 g/mol. The van der Waals surface area contributed by atoms with Crippen LogP contribution < -0.4 is 20.9 Å². The number of fused-ring (bicyclic) bond motifs is 1. The fourth-order valence-corrected chi connectivity index (χ4v) is 2.67. The van der Waals surface area contributed by atoms with Gasteiger partial charge in [-0.3, -0.25) is 4.79 Å². The van der Waals surface area contributed by atoms with Gasteiger partial charge in [0, 0.05) is 26.7 Å². The molecule has 0 aliphatic carbocycles. The van der Waals surface area contributed by atoms with E-state index in [2.05, 4.69) is 46.4 Å². The highest BCUT2D eigenvalue weighted by Gasteiger charge is 2.21. The predicted octanol–water partition coefficient (Wildman–Crippen LogP) is 0.796. The number of amides is 1. The molecule has 0 aromatic heterocycles. The number of nitrogens with two attached hydrogens (primary N) is 1. The molecule has 1 aliphatic heterocycles. The van der Waals surface area contributed by atoms with Crippen LogP contribution >= 0.6 is 0 Å². The molecule has 1 amide bonds. The van der Waals surface area contributed by atoms with Gasteiger partial charge in [0.1, 0.15) is 0 Å². The van der Waals surface area contributed by atoms with Crippen LogP contribution in [0.1, 0.15) is 13.3 Å². The summed E-state index contributed by atoms with van der Waals surface area (Å²) in [6.07, 6.45) is 0.737. The van der Waals surface area contributed by atoms with Crippen LogP contribution in [-0.4, -0.2) is 45.2 Å². The van der Waals surface area contributed by atoms with Gasteiger partial charge in [0.05, 0.1) is 17.4 Å². The van der Waals surface area contributed by atoms with Gasteiger partial charge in [-0.2, -0.15) is 0 Å². The van der Waals surface area contributed by atoms with Gasteiger partial charge in [-0.1, -0.05) is 19.1 Å². The SMILES string of the molecule is CCNC(CCN1CCN(C)c2ccccc21)C(N)=O. The number of likely N-dealkylation sites (N-methyl/N-ethyl adjacent to an activating group) is 2. The molecule has 0 saturated carbocycles. The van der Waals surface area contributed by atoms with Crippen molar-refractivity contribution in [2.24, 2.45) is 5.73 Å². The lowest BCUT2D eigenvalue weighted by Gasteiger charge is -2.37. The Hall–Kier alpha value is -1.75. The standard InChI is InChI=1S/C15H24N4O/c1-3-17-12(15(16)20)8-9-19-11-10-18(2)13-6-4-5-7-14(13)19/h4-7,12,17H,3,8-11H2,1-2H3,(H2,16,20). The first kappa shape index (κ1) is 14.7. The smallest absolute Gasteiger partial charge is 0.234 e. The number of carbonyl (C=O) groups is 1. The van der Waals surface area contributed by atoms with Crippen molar-refractivity contribution in [3.8, 4) is 0 Å². The third-order valence-electron chi connectivity index (χ3n) is 3.82. The monoisotopic (exact) mass is 276 g/mol. The molecule has 5 heteroatoms. The first-order valence-electron chi connectivity index (χ1n) is 7.21. The minimum absolute atomic E-state index is 0.244. The maximum absolute atomic E-state index is 11.4. The largest absolute Gasteiger partial charge is 0.371 e. The lowest BCUT2D eigenvalue weighted by molar-refractivity contribution is -0.120. The Kier molecular flexibility index (Phi) is 4.84. The second kappa shape index (κ2) is 6.61. The van der Waals surface area contributed by atoms with Gasteiger partial charge in [-0.05, 0) is 25.1 Å². The molecule has 1 atom stereocenters. The van der Waals surface area contributed by atoms with E-state index in [0.717, 1.165) is 32.6 Å². The molecule has 1 unspecified atom stereocenters. The van der Waals surface area contributed by atoms with E-state index in [-0.39, 0.29) is 11.9 Å². The Bertz CT molecular complexity index is 463. The molecule has 1 aromatic rings. The van der Waals surface area contributed by atoms with Gasteiger partial charge in [0.25, 0.3) is 0 Å². The van der Waals surface area contributed by atoms with Crippen molar-refractivity contribution in [3.05, 3.63) is 24.3 Å². The highest BCUT2D eigenvalue weighted by atomic mass is 16.1. The first-order valence-corrected chi connectivity index (χ1v) is 7.21. The lowest BCUT2D eigenvalue weighted by atomic mass is 10.1. The third-order valence-corrected chi connectivity index (χ3v) is 3.82. The van der Waals surface area contributed by atoms with E-state index in [9.17, 15) is 4.79 Å².